The van der Waals surface area contributed by atoms with Gasteiger partial charge in [-0.3, -0.25) is 9.69 Å². The van der Waals surface area contributed by atoms with Crippen LogP contribution < -0.4 is 10.1 Å². The van der Waals surface area contributed by atoms with Crippen molar-refractivity contribution >= 4 is 17.5 Å². The zero-order chi connectivity index (χ0) is 22.3. The van der Waals surface area contributed by atoms with Crippen LogP contribution in [-0.4, -0.2) is 67.1 Å². The predicted octanol–water partition coefficient (Wildman–Crippen LogP) is 3.65. The number of ether oxygens (including phenoxy) is 2. The zero-order valence-electron chi connectivity index (χ0n) is 18.1. The monoisotopic (exact) mass is 454 g/mol. The third-order valence-corrected chi connectivity index (χ3v) is 5.77. The molecule has 1 amide bonds. The number of rotatable bonds is 8. The van der Waals surface area contributed by atoms with Gasteiger partial charge in [-0.15, -0.1) is 0 Å². The van der Waals surface area contributed by atoms with Crippen molar-refractivity contribution in [2.45, 2.75) is 6.42 Å². The molecule has 0 atom stereocenters. The van der Waals surface area contributed by atoms with Gasteiger partial charge >= 0.3 is 0 Å². The number of methoxy groups -OCH3 is 1. The van der Waals surface area contributed by atoms with Gasteiger partial charge in [-0.25, -0.2) is 4.68 Å². The smallest absolute Gasteiger partial charge is 0.270 e. The molecule has 7 nitrogen and oxygen atoms in total. The predicted molar refractivity (Wildman–Crippen MR) is 125 cm³/mol. The van der Waals surface area contributed by atoms with E-state index in [4.69, 9.17) is 26.2 Å². The summed E-state index contributed by atoms with van der Waals surface area (Å²) in [6.07, 6.45) is 0.872. The Hall–Kier alpha value is -2.87. The molecule has 0 bridgehead atoms. The average Bonchev–Trinajstić information content (AvgIpc) is 3.28. The molecule has 1 saturated heterocycles. The first-order valence-corrected chi connectivity index (χ1v) is 11.1. The van der Waals surface area contributed by atoms with Gasteiger partial charge in [0.05, 0.1) is 36.7 Å². The number of hydrogen-bond donors (Lipinski definition) is 1. The number of carbonyl (C=O) groups is 1. The SMILES string of the molecule is COc1ccc(-c2cc(C(=O)NCCCN3CCOCC3)n(-c3ccccc3Cl)n2)cc1. The molecule has 2 aromatic carbocycles. The second-order valence-corrected chi connectivity index (χ2v) is 7.98. The Bertz CT molecular complexity index is 1050. The van der Waals surface area contributed by atoms with Crippen LogP contribution in [0.15, 0.2) is 54.6 Å². The van der Waals surface area contributed by atoms with Crippen LogP contribution >= 0.6 is 11.6 Å². The van der Waals surface area contributed by atoms with E-state index in [0.29, 0.717) is 28.6 Å². The van der Waals surface area contributed by atoms with Gasteiger partial charge in [0.15, 0.2) is 0 Å². The number of para-hydroxylation sites is 1. The molecule has 0 spiro atoms. The molecule has 0 unspecified atom stereocenters. The summed E-state index contributed by atoms with van der Waals surface area (Å²) in [5.41, 5.74) is 2.67. The van der Waals surface area contributed by atoms with E-state index in [2.05, 4.69) is 10.2 Å². The van der Waals surface area contributed by atoms with E-state index in [1.807, 2.05) is 42.5 Å². The van der Waals surface area contributed by atoms with Crippen LogP contribution in [0, 0.1) is 0 Å². The number of morpholine rings is 1. The van der Waals surface area contributed by atoms with Crippen molar-refractivity contribution in [3.63, 3.8) is 0 Å². The Morgan fingerprint density at radius 3 is 2.62 bits per heavy atom. The van der Waals surface area contributed by atoms with Crippen molar-refractivity contribution in [1.82, 2.24) is 20.0 Å². The maximum atomic E-state index is 13.1. The van der Waals surface area contributed by atoms with Crippen LogP contribution in [0.2, 0.25) is 5.02 Å². The summed E-state index contributed by atoms with van der Waals surface area (Å²) in [4.78, 5) is 15.4. The average molecular weight is 455 g/mol. The standard InChI is InChI=1S/C24H27ClN4O3/c1-31-19-9-7-18(8-10-19)21-17-23(29(27-21)22-6-3-2-5-20(22)25)24(30)26-11-4-12-28-13-15-32-16-14-28/h2-3,5-10,17H,4,11-16H2,1H3,(H,26,30). The topological polar surface area (TPSA) is 68.6 Å². The fourth-order valence-electron chi connectivity index (χ4n) is 3.67. The molecule has 0 saturated carbocycles. The number of benzene rings is 2. The maximum Gasteiger partial charge on any atom is 0.270 e. The van der Waals surface area contributed by atoms with Gasteiger partial charge in [0.2, 0.25) is 0 Å². The van der Waals surface area contributed by atoms with Gasteiger partial charge in [-0.1, -0.05) is 23.7 Å². The minimum Gasteiger partial charge on any atom is -0.497 e. The largest absolute Gasteiger partial charge is 0.497 e. The number of nitrogens with one attached hydrogen (secondary N) is 1. The highest BCUT2D eigenvalue weighted by molar-refractivity contribution is 6.32. The van der Waals surface area contributed by atoms with Crippen LogP contribution in [0.1, 0.15) is 16.9 Å². The first-order valence-electron chi connectivity index (χ1n) is 10.7. The number of halogens is 1. The van der Waals surface area contributed by atoms with Crippen molar-refractivity contribution in [3.05, 3.63) is 65.3 Å². The minimum absolute atomic E-state index is 0.181. The Balaban J connectivity index is 1.52. The molecule has 1 aliphatic heterocycles. The van der Waals surface area contributed by atoms with Gasteiger partial charge in [-0.05, 0) is 55.4 Å². The molecule has 3 aromatic rings. The molecule has 4 rings (SSSR count). The second-order valence-electron chi connectivity index (χ2n) is 7.57. The second kappa shape index (κ2) is 10.6. The summed E-state index contributed by atoms with van der Waals surface area (Å²) in [6.45, 7) is 4.96. The van der Waals surface area contributed by atoms with Gasteiger partial charge in [0, 0.05) is 25.2 Å². The van der Waals surface area contributed by atoms with Crippen LogP contribution in [0.4, 0.5) is 0 Å². The summed E-state index contributed by atoms with van der Waals surface area (Å²) >= 11 is 6.42. The van der Waals surface area contributed by atoms with E-state index >= 15 is 0 Å². The van der Waals surface area contributed by atoms with Crippen LogP contribution in [0.25, 0.3) is 16.9 Å². The Morgan fingerprint density at radius 1 is 1.16 bits per heavy atom. The summed E-state index contributed by atoms with van der Waals surface area (Å²) in [6, 6.07) is 16.7. The molecule has 0 aliphatic carbocycles. The molecular weight excluding hydrogens is 428 g/mol. The number of nitrogens with zero attached hydrogens (tertiary/aromatic N) is 3. The van der Waals surface area contributed by atoms with E-state index in [1.165, 1.54) is 0 Å². The Kier molecular flexibility index (Phi) is 7.42. The molecule has 32 heavy (non-hydrogen) atoms. The van der Waals surface area contributed by atoms with E-state index in [-0.39, 0.29) is 5.91 Å². The maximum absolute atomic E-state index is 13.1. The third kappa shape index (κ3) is 5.30. The van der Waals surface area contributed by atoms with Crippen molar-refractivity contribution in [2.24, 2.45) is 0 Å². The minimum atomic E-state index is -0.181. The highest BCUT2D eigenvalue weighted by Gasteiger charge is 2.19. The lowest BCUT2D eigenvalue weighted by molar-refractivity contribution is 0.0374. The quantitative estimate of drug-likeness (QED) is 0.526. The fraction of sp³-hybridized carbons (Fsp3) is 0.333. The van der Waals surface area contributed by atoms with E-state index < -0.39 is 0 Å². The number of aromatic nitrogens is 2. The summed E-state index contributed by atoms with van der Waals surface area (Å²) in [5, 5.41) is 8.25. The Labute approximate surface area is 192 Å². The van der Waals surface area contributed by atoms with Crippen molar-refractivity contribution in [2.75, 3.05) is 46.5 Å². The molecule has 0 radical (unpaired) electrons. The van der Waals surface area contributed by atoms with Crippen LogP contribution in [0.5, 0.6) is 5.75 Å². The first-order chi connectivity index (χ1) is 15.7. The highest BCUT2D eigenvalue weighted by Crippen LogP contribution is 2.26. The third-order valence-electron chi connectivity index (χ3n) is 5.45. The molecular formula is C24H27ClN4O3. The first kappa shape index (κ1) is 22.3. The molecule has 1 N–H and O–H groups in total. The fourth-order valence-corrected chi connectivity index (χ4v) is 3.89. The lowest BCUT2D eigenvalue weighted by Crippen LogP contribution is -2.38. The van der Waals surface area contributed by atoms with Gasteiger partial charge in [-0.2, -0.15) is 5.10 Å². The van der Waals surface area contributed by atoms with E-state index in [1.54, 1.807) is 23.9 Å². The highest BCUT2D eigenvalue weighted by atomic mass is 35.5. The number of amides is 1. The molecule has 1 aromatic heterocycles. The van der Waals surface area contributed by atoms with Crippen molar-refractivity contribution in [1.29, 1.82) is 0 Å². The van der Waals surface area contributed by atoms with Crippen LogP contribution in [-0.2, 0) is 4.74 Å². The molecule has 1 aliphatic rings. The lowest BCUT2D eigenvalue weighted by Gasteiger charge is -2.26. The van der Waals surface area contributed by atoms with E-state index in [0.717, 1.165) is 50.6 Å². The lowest BCUT2D eigenvalue weighted by atomic mass is 10.1. The zero-order valence-corrected chi connectivity index (χ0v) is 18.8. The summed E-state index contributed by atoms with van der Waals surface area (Å²) in [5.74, 6) is 0.580. The molecule has 8 heteroatoms. The molecule has 2 heterocycles. The number of hydrogen-bond acceptors (Lipinski definition) is 5. The summed E-state index contributed by atoms with van der Waals surface area (Å²) < 4.78 is 12.2. The molecule has 1 fully saturated rings. The van der Waals surface area contributed by atoms with Crippen molar-refractivity contribution in [3.8, 4) is 22.7 Å². The number of carbonyl (C=O) groups excluding carboxylic acids is 1. The van der Waals surface area contributed by atoms with Gasteiger partial charge in [0.25, 0.3) is 5.91 Å². The van der Waals surface area contributed by atoms with E-state index in [9.17, 15) is 4.79 Å². The normalized spacial score (nSPS) is 14.3. The molecule has 168 valence electrons. The van der Waals surface area contributed by atoms with Gasteiger partial charge < -0.3 is 14.8 Å². The van der Waals surface area contributed by atoms with Crippen LogP contribution in [0.3, 0.4) is 0 Å². The summed E-state index contributed by atoms with van der Waals surface area (Å²) in [7, 11) is 1.63. The van der Waals surface area contributed by atoms with Crippen molar-refractivity contribution < 1.29 is 14.3 Å². The Morgan fingerprint density at radius 2 is 1.91 bits per heavy atom. The van der Waals surface area contributed by atoms with Gasteiger partial charge in [0.1, 0.15) is 11.4 Å².